The standard InChI is InChI=1S/C10H15N3O3S/c1-15-6-7-5-8(13-16-7)10(14)12-4-2-3-9(11)17/h5H,2-4,6H2,1H3,(H2,11,17)(H,12,14). The van der Waals surface area contributed by atoms with Crippen molar-refractivity contribution < 1.29 is 14.1 Å². The first-order valence-corrected chi connectivity index (χ1v) is 5.55. The first-order valence-electron chi connectivity index (χ1n) is 5.14. The number of hydrogen-bond acceptors (Lipinski definition) is 5. The van der Waals surface area contributed by atoms with Gasteiger partial charge in [-0.2, -0.15) is 0 Å². The van der Waals surface area contributed by atoms with Gasteiger partial charge in [-0.3, -0.25) is 4.79 Å². The maximum atomic E-state index is 11.6. The van der Waals surface area contributed by atoms with Crippen LogP contribution in [0.1, 0.15) is 29.1 Å². The van der Waals surface area contributed by atoms with Gasteiger partial charge in [0.25, 0.3) is 5.91 Å². The number of nitrogens with zero attached hydrogens (tertiary/aromatic N) is 1. The van der Waals surface area contributed by atoms with Crippen molar-refractivity contribution in [2.45, 2.75) is 19.4 Å². The molecule has 0 saturated carbocycles. The van der Waals surface area contributed by atoms with Gasteiger partial charge in [-0.15, -0.1) is 0 Å². The molecule has 1 amide bonds. The van der Waals surface area contributed by atoms with Crippen molar-refractivity contribution in [2.75, 3.05) is 13.7 Å². The third-order valence-electron chi connectivity index (χ3n) is 1.96. The molecule has 94 valence electrons. The van der Waals surface area contributed by atoms with Crippen LogP contribution >= 0.6 is 12.2 Å². The Balaban J connectivity index is 2.33. The van der Waals surface area contributed by atoms with Crippen molar-refractivity contribution in [3.05, 3.63) is 17.5 Å². The molecule has 1 heterocycles. The van der Waals surface area contributed by atoms with Crippen molar-refractivity contribution in [1.82, 2.24) is 10.5 Å². The summed E-state index contributed by atoms with van der Waals surface area (Å²) >= 11 is 4.72. The van der Waals surface area contributed by atoms with Gasteiger partial charge in [-0.25, -0.2) is 0 Å². The zero-order valence-electron chi connectivity index (χ0n) is 9.56. The normalized spacial score (nSPS) is 10.2. The zero-order valence-corrected chi connectivity index (χ0v) is 10.4. The van der Waals surface area contributed by atoms with Crippen LogP contribution in [0, 0.1) is 0 Å². The van der Waals surface area contributed by atoms with Crippen LogP contribution in [-0.4, -0.2) is 29.7 Å². The predicted octanol–water partition coefficient (Wildman–Crippen LogP) is 0.617. The molecule has 0 aliphatic heterocycles. The molecule has 0 aliphatic rings. The van der Waals surface area contributed by atoms with E-state index in [4.69, 9.17) is 27.2 Å². The summed E-state index contributed by atoms with van der Waals surface area (Å²) in [5.74, 6) is 0.236. The third-order valence-corrected chi connectivity index (χ3v) is 2.17. The van der Waals surface area contributed by atoms with Crippen molar-refractivity contribution in [2.24, 2.45) is 5.73 Å². The van der Waals surface area contributed by atoms with E-state index in [-0.39, 0.29) is 11.6 Å². The number of hydrogen-bond donors (Lipinski definition) is 2. The fourth-order valence-electron chi connectivity index (χ4n) is 1.19. The van der Waals surface area contributed by atoms with E-state index in [0.717, 1.165) is 0 Å². The van der Waals surface area contributed by atoms with Gasteiger partial charge in [0.15, 0.2) is 11.5 Å². The lowest BCUT2D eigenvalue weighted by molar-refractivity contribution is 0.0943. The van der Waals surface area contributed by atoms with Gasteiger partial charge < -0.3 is 20.3 Å². The first-order chi connectivity index (χ1) is 8.13. The Bertz CT molecular complexity index is 392. The molecule has 1 aromatic heterocycles. The summed E-state index contributed by atoms with van der Waals surface area (Å²) in [7, 11) is 1.54. The van der Waals surface area contributed by atoms with Crippen molar-refractivity contribution in [1.29, 1.82) is 0 Å². The highest BCUT2D eigenvalue weighted by atomic mass is 32.1. The van der Waals surface area contributed by atoms with Gasteiger partial charge in [-0.1, -0.05) is 17.4 Å². The maximum Gasteiger partial charge on any atom is 0.273 e. The molecule has 0 radical (unpaired) electrons. The molecule has 0 aliphatic carbocycles. The molecular weight excluding hydrogens is 242 g/mol. The summed E-state index contributed by atoms with van der Waals surface area (Å²) in [6.45, 7) is 0.796. The molecule has 0 fully saturated rings. The number of thiocarbonyl (C=S) groups is 1. The lowest BCUT2D eigenvalue weighted by Gasteiger charge is -2.01. The van der Waals surface area contributed by atoms with Gasteiger partial charge in [0.05, 0.1) is 4.99 Å². The highest BCUT2D eigenvalue weighted by molar-refractivity contribution is 7.80. The Labute approximate surface area is 104 Å². The number of rotatable bonds is 7. The van der Waals surface area contributed by atoms with Crippen LogP contribution in [0.4, 0.5) is 0 Å². The highest BCUT2D eigenvalue weighted by Gasteiger charge is 2.11. The molecule has 1 rings (SSSR count). The van der Waals surface area contributed by atoms with Crippen LogP contribution in [0.25, 0.3) is 0 Å². The average molecular weight is 257 g/mol. The number of carbonyl (C=O) groups excluding carboxylic acids is 1. The summed E-state index contributed by atoms with van der Waals surface area (Å²) in [5, 5.41) is 6.32. The topological polar surface area (TPSA) is 90.4 Å². The number of methoxy groups -OCH3 is 1. The van der Waals surface area contributed by atoms with Gasteiger partial charge in [0.1, 0.15) is 6.61 Å². The summed E-state index contributed by atoms with van der Waals surface area (Å²) in [4.78, 5) is 12.0. The quantitative estimate of drug-likeness (QED) is 0.549. The fourth-order valence-corrected chi connectivity index (χ4v) is 1.33. The van der Waals surface area contributed by atoms with Crippen LogP contribution < -0.4 is 11.1 Å². The molecule has 7 heteroatoms. The Kier molecular flexibility index (Phi) is 5.58. The van der Waals surface area contributed by atoms with Gasteiger partial charge in [-0.05, 0) is 12.8 Å². The molecule has 0 atom stereocenters. The molecule has 1 aromatic rings. The molecule has 0 saturated heterocycles. The molecule has 0 bridgehead atoms. The maximum absolute atomic E-state index is 11.6. The van der Waals surface area contributed by atoms with Gasteiger partial charge in [0.2, 0.25) is 0 Å². The number of amides is 1. The van der Waals surface area contributed by atoms with Crippen LogP contribution in [0.2, 0.25) is 0 Å². The van der Waals surface area contributed by atoms with E-state index in [2.05, 4.69) is 10.5 Å². The van der Waals surface area contributed by atoms with E-state index in [1.54, 1.807) is 6.07 Å². The largest absolute Gasteiger partial charge is 0.393 e. The summed E-state index contributed by atoms with van der Waals surface area (Å²) < 4.78 is 9.75. The second-order valence-corrected chi connectivity index (χ2v) is 3.96. The first kappa shape index (κ1) is 13.6. The van der Waals surface area contributed by atoms with E-state index >= 15 is 0 Å². The number of nitrogens with two attached hydrogens (primary N) is 1. The minimum Gasteiger partial charge on any atom is -0.393 e. The third kappa shape index (κ3) is 4.92. The second kappa shape index (κ2) is 6.97. The van der Waals surface area contributed by atoms with Gasteiger partial charge in [0, 0.05) is 19.7 Å². The van der Waals surface area contributed by atoms with E-state index in [9.17, 15) is 4.79 Å². The SMILES string of the molecule is COCc1cc(C(=O)NCCCC(N)=S)no1. The zero-order chi connectivity index (χ0) is 12.7. The molecule has 0 spiro atoms. The molecule has 17 heavy (non-hydrogen) atoms. The number of carbonyl (C=O) groups is 1. The Morgan fingerprint density at radius 1 is 1.71 bits per heavy atom. The number of nitrogens with one attached hydrogen (secondary N) is 1. The van der Waals surface area contributed by atoms with E-state index in [0.29, 0.717) is 36.7 Å². The molecular formula is C10H15N3O3S. The Morgan fingerprint density at radius 3 is 3.12 bits per heavy atom. The Morgan fingerprint density at radius 2 is 2.47 bits per heavy atom. The summed E-state index contributed by atoms with van der Waals surface area (Å²) in [5.41, 5.74) is 5.58. The lowest BCUT2D eigenvalue weighted by Crippen LogP contribution is -2.25. The van der Waals surface area contributed by atoms with Crippen molar-refractivity contribution >= 4 is 23.1 Å². The summed E-state index contributed by atoms with van der Waals surface area (Å²) in [6, 6.07) is 1.55. The molecule has 0 unspecified atom stereocenters. The highest BCUT2D eigenvalue weighted by Crippen LogP contribution is 2.04. The molecule has 0 aromatic carbocycles. The van der Waals surface area contributed by atoms with Crippen LogP contribution in [-0.2, 0) is 11.3 Å². The van der Waals surface area contributed by atoms with Crippen molar-refractivity contribution in [3.8, 4) is 0 Å². The minimum absolute atomic E-state index is 0.243. The van der Waals surface area contributed by atoms with Crippen LogP contribution in [0.3, 0.4) is 0 Å². The second-order valence-electron chi connectivity index (χ2n) is 3.44. The van der Waals surface area contributed by atoms with Crippen LogP contribution in [0.5, 0.6) is 0 Å². The number of ether oxygens (including phenoxy) is 1. The average Bonchev–Trinajstić information content (AvgIpc) is 2.73. The Hall–Kier alpha value is -1.47. The van der Waals surface area contributed by atoms with Gasteiger partial charge >= 0.3 is 0 Å². The molecule has 3 N–H and O–H groups in total. The molecule has 6 nitrogen and oxygen atoms in total. The lowest BCUT2D eigenvalue weighted by atomic mass is 10.3. The van der Waals surface area contributed by atoms with E-state index < -0.39 is 0 Å². The van der Waals surface area contributed by atoms with Crippen LogP contribution in [0.15, 0.2) is 10.6 Å². The monoisotopic (exact) mass is 257 g/mol. The van der Waals surface area contributed by atoms with Crippen molar-refractivity contribution in [3.63, 3.8) is 0 Å². The fraction of sp³-hybridized carbons (Fsp3) is 0.500. The minimum atomic E-state index is -0.279. The summed E-state index contributed by atoms with van der Waals surface area (Å²) in [6.07, 6.45) is 1.33. The number of aromatic nitrogens is 1. The predicted molar refractivity (Wildman–Crippen MR) is 65.6 cm³/mol. The van der Waals surface area contributed by atoms with E-state index in [1.165, 1.54) is 7.11 Å². The smallest absolute Gasteiger partial charge is 0.273 e. The van der Waals surface area contributed by atoms with E-state index in [1.807, 2.05) is 0 Å².